The molecule has 0 saturated carbocycles. The molecule has 2 heterocycles. The molecule has 148 valence electrons. The number of benzene rings is 1. The number of rotatable bonds is 6. The van der Waals surface area contributed by atoms with Crippen LogP contribution in [0.4, 0.5) is 0 Å². The molecule has 27 heavy (non-hydrogen) atoms. The number of likely N-dealkylation sites (tertiary alicyclic amines) is 1. The van der Waals surface area contributed by atoms with Gasteiger partial charge in [-0.05, 0) is 36.4 Å². The van der Waals surface area contributed by atoms with Crippen molar-refractivity contribution >= 4 is 11.9 Å². The zero-order valence-corrected chi connectivity index (χ0v) is 16.4. The van der Waals surface area contributed by atoms with E-state index in [-0.39, 0.29) is 12.5 Å². The molecule has 2 fully saturated rings. The van der Waals surface area contributed by atoms with Crippen molar-refractivity contribution < 1.29 is 14.7 Å². The molecule has 1 N–H and O–H groups in total. The van der Waals surface area contributed by atoms with Crippen LogP contribution < -0.4 is 0 Å². The second-order valence-electron chi connectivity index (χ2n) is 8.02. The number of piperazine rings is 1. The van der Waals surface area contributed by atoms with Gasteiger partial charge in [0, 0.05) is 32.7 Å². The van der Waals surface area contributed by atoms with Gasteiger partial charge >= 0.3 is 5.97 Å². The van der Waals surface area contributed by atoms with E-state index in [0.717, 1.165) is 26.1 Å². The predicted molar refractivity (Wildman–Crippen MR) is 105 cm³/mol. The molecule has 3 rings (SSSR count). The van der Waals surface area contributed by atoms with Crippen LogP contribution in [0.5, 0.6) is 0 Å². The highest BCUT2D eigenvalue weighted by Crippen LogP contribution is 2.18. The van der Waals surface area contributed by atoms with Gasteiger partial charge in [-0.25, -0.2) is 0 Å². The molecule has 0 aliphatic carbocycles. The summed E-state index contributed by atoms with van der Waals surface area (Å²) in [6.45, 7) is 9.40. The van der Waals surface area contributed by atoms with Gasteiger partial charge in [0.25, 0.3) is 0 Å². The second-order valence-corrected chi connectivity index (χ2v) is 8.02. The van der Waals surface area contributed by atoms with Crippen LogP contribution in [0.15, 0.2) is 24.3 Å². The number of carbonyl (C=O) groups excluding carboxylic acids is 1. The summed E-state index contributed by atoms with van der Waals surface area (Å²) in [4.78, 5) is 29.9. The second kappa shape index (κ2) is 8.85. The maximum atomic E-state index is 12.6. The van der Waals surface area contributed by atoms with Crippen LogP contribution in [0, 0.1) is 0 Å². The summed E-state index contributed by atoms with van der Waals surface area (Å²) in [5.74, 6) is -0.206. The Labute approximate surface area is 161 Å². The zero-order valence-electron chi connectivity index (χ0n) is 16.4. The molecular weight excluding hydrogens is 342 g/mol. The van der Waals surface area contributed by atoms with Crippen LogP contribution in [0.3, 0.4) is 0 Å². The van der Waals surface area contributed by atoms with Crippen molar-refractivity contribution in [3.8, 4) is 0 Å². The Morgan fingerprint density at radius 2 is 1.74 bits per heavy atom. The first-order valence-electron chi connectivity index (χ1n) is 10.00. The molecule has 6 nitrogen and oxygen atoms in total. The SMILES string of the molecule is CC(C)c1ccc(CN2CCN(C(=O)CN3CCCC3C(=O)O)CC2)cc1. The van der Waals surface area contributed by atoms with Gasteiger partial charge in [-0.3, -0.25) is 19.4 Å². The van der Waals surface area contributed by atoms with Gasteiger partial charge in [0.1, 0.15) is 6.04 Å². The molecule has 2 saturated heterocycles. The van der Waals surface area contributed by atoms with Crippen LogP contribution in [-0.2, 0) is 16.1 Å². The lowest BCUT2D eigenvalue weighted by Crippen LogP contribution is -2.51. The van der Waals surface area contributed by atoms with Gasteiger partial charge in [-0.2, -0.15) is 0 Å². The van der Waals surface area contributed by atoms with Gasteiger partial charge in [-0.15, -0.1) is 0 Å². The summed E-state index contributed by atoms with van der Waals surface area (Å²) in [5.41, 5.74) is 2.66. The Bertz CT molecular complexity index is 651. The van der Waals surface area contributed by atoms with E-state index in [1.165, 1.54) is 11.1 Å². The maximum Gasteiger partial charge on any atom is 0.320 e. The monoisotopic (exact) mass is 373 g/mol. The third-order valence-electron chi connectivity index (χ3n) is 5.76. The molecule has 1 atom stereocenters. The minimum absolute atomic E-state index is 0.0593. The highest BCUT2D eigenvalue weighted by atomic mass is 16.4. The minimum atomic E-state index is -0.811. The molecule has 0 bridgehead atoms. The summed E-state index contributed by atoms with van der Waals surface area (Å²) in [6.07, 6.45) is 1.50. The number of hydrogen-bond donors (Lipinski definition) is 1. The Hall–Kier alpha value is -1.92. The van der Waals surface area contributed by atoms with Crippen LogP contribution >= 0.6 is 0 Å². The molecule has 0 radical (unpaired) electrons. The van der Waals surface area contributed by atoms with Crippen molar-refractivity contribution in [1.82, 2.24) is 14.7 Å². The zero-order chi connectivity index (χ0) is 19.4. The number of amides is 1. The molecule has 1 aromatic rings. The number of hydrogen-bond acceptors (Lipinski definition) is 4. The van der Waals surface area contributed by atoms with Crippen molar-refractivity contribution in [1.29, 1.82) is 0 Å². The summed E-state index contributed by atoms with van der Waals surface area (Å²) in [5, 5.41) is 9.26. The number of nitrogens with zero attached hydrogens (tertiary/aromatic N) is 3. The van der Waals surface area contributed by atoms with Crippen LogP contribution in [-0.4, -0.2) is 77.0 Å². The molecule has 2 aliphatic rings. The van der Waals surface area contributed by atoms with E-state index in [1.54, 1.807) is 0 Å². The van der Waals surface area contributed by atoms with E-state index >= 15 is 0 Å². The van der Waals surface area contributed by atoms with Gasteiger partial charge in [0.2, 0.25) is 5.91 Å². The molecular formula is C21H31N3O3. The summed E-state index contributed by atoms with van der Waals surface area (Å²) in [6, 6.07) is 8.31. The van der Waals surface area contributed by atoms with Crippen molar-refractivity contribution in [3.05, 3.63) is 35.4 Å². The van der Waals surface area contributed by atoms with Gasteiger partial charge in [0.15, 0.2) is 0 Å². The largest absolute Gasteiger partial charge is 0.480 e. The molecule has 0 spiro atoms. The molecule has 6 heteroatoms. The first-order valence-corrected chi connectivity index (χ1v) is 10.00. The Morgan fingerprint density at radius 3 is 2.33 bits per heavy atom. The number of carbonyl (C=O) groups is 2. The maximum absolute atomic E-state index is 12.6. The number of aliphatic carboxylic acids is 1. The average Bonchev–Trinajstić information content (AvgIpc) is 3.11. The van der Waals surface area contributed by atoms with Gasteiger partial charge < -0.3 is 10.0 Å². The van der Waals surface area contributed by atoms with Crippen molar-refractivity contribution in [2.45, 2.75) is 45.2 Å². The fourth-order valence-corrected chi connectivity index (χ4v) is 3.99. The van der Waals surface area contributed by atoms with Crippen LogP contribution in [0.2, 0.25) is 0 Å². The summed E-state index contributed by atoms with van der Waals surface area (Å²) < 4.78 is 0. The number of carboxylic acids is 1. The summed E-state index contributed by atoms with van der Waals surface area (Å²) >= 11 is 0. The third kappa shape index (κ3) is 5.08. The molecule has 1 amide bonds. The highest BCUT2D eigenvalue weighted by molar-refractivity contribution is 5.80. The lowest BCUT2D eigenvalue weighted by atomic mass is 10.0. The predicted octanol–water partition coefficient (Wildman–Crippen LogP) is 2.00. The van der Waals surface area contributed by atoms with Crippen LogP contribution in [0.1, 0.15) is 43.7 Å². The Balaban J connectivity index is 1.45. The first-order chi connectivity index (χ1) is 12.9. The fraction of sp³-hybridized carbons (Fsp3) is 0.619. The quantitative estimate of drug-likeness (QED) is 0.826. The molecule has 0 aromatic heterocycles. The van der Waals surface area contributed by atoms with E-state index in [4.69, 9.17) is 0 Å². The van der Waals surface area contributed by atoms with E-state index < -0.39 is 12.0 Å². The van der Waals surface area contributed by atoms with E-state index in [1.807, 2.05) is 9.80 Å². The van der Waals surface area contributed by atoms with Crippen LogP contribution in [0.25, 0.3) is 0 Å². The minimum Gasteiger partial charge on any atom is -0.480 e. The standard InChI is InChI=1S/C21H31N3O3/c1-16(2)18-7-5-17(6-8-18)14-22-10-12-23(13-11-22)20(25)15-24-9-3-4-19(24)21(26)27/h5-8,16,19H,3-4,9-15H2,1-2H3,(H,26,27). The van der Waals surface area contributed by atoms with Gasteiger partial charge in [0.05, 0.1) is 6.54 Å². The fourth-order valence-electron chi connectivity index (χ4n) is 3.99. The average molecular weight is 373 g/mol. The first kappa shape index (κ1) is 19.8. The highest BCUT2D eigenvalue weighted by Gasteiger charge is 2.33. The normalized spacial score (nSPS) is 21.7. The van der Waals surface area contributed by atoms with Gasteiger partial charge in [-0.1, -0.05) is 38.1 Å². The van der Waals surface area contributed by atoms with Crippen molar-refractivity contribution in [2.24, 2.45) is 0 Å². The molecule has 2 aliphatic heterocycles. The van der Waals surface area contributed by atoms with E-state index in [9.17, 15) is 14.7 Å². The van der Waals surface area contributed by atoms with Crippen molar-refractivity contribution in [3.63, 3.8) is 0 Å². The third-order valence-corrected chi connectivity index (χ3v) is 5.76. The molecule has 1 unspecified atom stereocenters. The van der Waals surface area contributed by atoms with E-state index in [2.05, 4.69) is 43.0 Å². The Morgan fingerprint density at radius 1 is 1.07 bits per heavy atom. The molecule has 1 aromatic carbocycles. The smallest absolute Gasteiger partial charge is 0.320 e. The number of carboxylic acid groups (broad SMARTS) is 1. The van der Waals surface area contributed by atoms with E-state index in [0.29, 0.717) is 32.0 Å². The Kier molecular flexibility index (Phi) is 6.50. The lowest BCUT2D eigenvalue weighted by molar-refractivity contribution is -0.143. The lowest BCUT2D eigenvalue weighted by Gasteiger charge is -2.36. The topological polar surface area (TPSA) is 64.1 Å². The van der Waals surface area contributed by atoms with Crippen molar-refractivity contribution in [2.75, 3.05) is 39.3 Å². The summed E-state index contributed by atoms with van der Waals surface area (Å²) in [7, 11) is 0.